The quantitative estimate of drug-likeness (QED) is 0.422. The summed E-state index contributed by atoms with van der Waals surface area (Å²) in [5.74, 6) is 0. The Kier molecular flexibility index (Phi) is 8.19. The van der Waals surface area contributed by atoms with E-state index in [4.69, 9.17) is 17.5 Å². The molecule has 0 aliphatic carbocycles. The van der Waals surface area contributed by atoms with Crippen LogP contribution < -0.4 is 0 Å². The van der Waals surface area contributed by atoms with Gasteiger partial charge in [0.2, 0.25) is 0 Å². The van der Waals surface area contributed by atoms with E-state index in [1.54, 1.807) is 0 Å². The lowest BCUT2D eigenvalue weighted by molar-refractivity contribution is -0.0510. The van der Waals surface area contributed by atoms with Crippen LogP contribution in [0.15, 0.2) is 60.7 Å². The van der Waals surface area contributed by atoms with E-state index in [2.05, 4.69) is 0 Å². The van der Waals surface area contributed by atoms with Crippen LogP contribution in [0, 0.1) is 0 Å². The van der Waals surface area contributed by atoms with Crippen LogP contribution >= 0.6 is 7.60 Å². The van der Waals surface area contributed by atoms with E-state index in [1.165, 1.54) is 6.66 Å². The Morgan fingerprint density at radius 3 is 1.81 bits per heavy atom. The molecule has 0 aliphatic heterocycles. The average molecular weight is 426 g/mol. The normalized spacial score (nSPS) is 15.2. The first-order chi connectivity index (χ1) is 12.3. The molecule has 2 unspecified atom stereocenters. The van der Waals surface area contributed by atoms with Crippen LogP contribution in [-0.2, 0) is 25.6 Å². The van der Waals surface area contributed by atoms with Gasteiger partial charge in [-0.15, -0.1) is 0 Å². The summed E-state index contributed by atoms with van der Waals surface area (Å²) in [6, 6.07) is 19.3. The van der Waals surface area contributed by atoms with Crippen molar-refractivity contribution in [2.24, 2.45) is 0 Å². The molecule has 0 saturated carbocycles. The van der Waals surface area contributed by atoms with Crippen LogP contribution in [0.25, 0.3) is 0 Å². The molecule has 0 aromatic heterocycles. The van der Waals surface area contributed by atoms with Gasteiger partial charge < -0.3 is 9.42 Å². The Morgan fingerprint density at radius 1 is 1.04 bits per heavy atom. The van der Waals surface area contributed by atoms with E-state index in [0.717, 1.165) is 11.1 Å². The summed E-state index contributed by atoms with van der Waals surface area (Å²) in [7, 11) is -9.36. The molecule has 0 bridgehead atoms. The number of hydrogen-bond acceptors (Lipinski definition) is 4. The van der Waals surface area contributed by atoms with Crippen molar-refractivity contribution in [1.29, 1.82) is 0 Å². The van der Waals surface area contributed by atoms with Crippen molar-refractivity contribution < 1.29 is 40.1 Å². The van der Waals surface area contributed by atoms with Crippen LogP contribution in [0.4, 0.5) is 13.2 Å². The minimum Gasteiger partial charge on any atom is -0.324 e. The standard InChI is InChI=1S/C15H17O3P.CHF3O3S/c1-19(16,17)18-15(14-10-6-3-7-11-14)12-13-8-4-2-5-9-13;2-1(3,4)8(5,6)7/h2-11,15H,12H2,1H3,(H,16,17);(H,5,6,7). The highest BCUT2D eigenvalue weighted by Crippen LogP contribution is 2.43. The highest BCUT2D eigenvalue weighted by Gasteiger charge is 2.44. The van der Waals surface area contributed by atoms with Gasteiger partial charge in [-0.25, -0.2) is 0 Å². The van der Waals surface area contributed by atoms with Crippen molar-refractivity contribution in [3.8, 4) is 0 Å². The molecule has 2 aromatic carbocycles. The molecule has 2 atom stereocenters. The van der Waals surface area contributed by atoms with Crippen molar-refractivity contribution in [2.75, 3.05) is 6.66 Å². The number of alkyl halides is 3. The first-order valence-corrected chi connectivity index (χ1v) is 10.9. The third-order valence-electron chi connectivity index (χ3n) is 3.05. The molecular weight excluding hydrogens is 408 g/mol. The minimum atomic E-state index is -5.84. The fourth-order valence-electron chi connectivity index (χ4n) is 1.95. The summed E-state index contributed by atoms with van der Waals surface area (Å²) in [5.41, 5.74) is -3.56. The smallest absolute Gasteiger partial charge is 0.324 e. The zero-order chi connectivity index (χ0) is 20.7. The maximum Gasteiger partial charge on any atom is 0.522 e. The third-order valence-corrected chi connectivity index (χ3v) is 4.28. The zero-order valence-corrected chi connectivity index (χ0v) is 15.8. The SMILES string of the molecule is CP(=O)(O)OC(Cc1ccccc1)c1ccccc1.O=S(=O)(O)C(F)(F)F. The van der Waals surface area contributed by atoms with Crippen LogP contribution in [0.3, 0.4) is 0 Å². The van der Waals surface area contributed by atoms with Gasteiger partial charge >= 0.3 is 23.2 Å². The van der Waals surface area contributed by atoms with Gasteiger partial charge in [0, 0.05) is 13.1 Å². The number of rotatable bonds is 5. The predicted octanol–water partition coefficient (Wildman–Crippen LogP) is 4.20. The lowest BCUT2D eigenvalue weighted by Gasteiger charge is -2.20. The lowest BCUT2D eigenvalue weighted by atomic mass is 10.0. The van der Waals surface area contributed by atoms with Crippen molar-refractivity contribution in [2.45, 2.75) is 18.0 Å². The molecule has 150 valence electrons. The molecule has 0 aliphatic rings. The Balaban J connectivity index is 0.000000387. The third kappa shape index (κ3) is 9.16. The molecule has 2 rings (SSSR count). The van der Waals surface area contributed by atoms with Crippen LogP contribution in [0.2, 0.25) is 0 Å². The van der Waals surface area contributed by atoms with E-state index >= 15 is 0 Å². The first-order valence-electron chi connectivity index (χ1n) is 7.41. The van der Waals surface area contributed by atoms with Crippen molar-refractivity contribution >= 4 is 17.7 Å². The van der Waals surface area contributed by atoms with Gasteiger partial charge in [-0.2, -0.15) is 21.6 Å². The number of halogens is 3. The maximum absolute atomic E-state index is 11.5. The maximum atomic E-state index is 11.5. The van der Waals surface area contributed by atoms with Crippen LogP contribution in [0.1, 0.15) is 17.2 Å². The van der Waals surface area contributed by atoms with Gasteiger partial charge in [0.15, 0.2) is 0 Å². The van der Waals surface area contributed by atoms with E-state index in [1.807, 2.05) is 60.7 Å². The lowest BCUT2D eigenvalue weighted by Crippen LogP contribution is -2.21. The molecule has 11 heteroatoms. The van der Waals surface area contributed by atoms with E-state index in [0.29, 0.717) is 6.42 Å². The molecule has 0 radical (unpaired) electrons. The molecule has 2 aromatic rings. The Hall–Kier alpha value is -1.71. The fraction of sp³-hybridized carbons (Fsp3) is 0.250. The summed E-state index contributed by atoms with van der Waals surface area (Å²) in [6.45, 7) is 1.22. The van der Waals surface area contributed by atoms with Crippen LogP contribution in [-0.4, -0.2) is 30.0 Å². The Labute approximate surface area is 154 Å². The molecule has 6 nitrogen and oxygen atoms in total. The monoisotopic (exact) mass is 426 g/mol. The second-order valence-corrected chi connectivity index (χ2v) is 8.65. The predicted molar refractivity (Wildman–Crippen MR) is 93.8 cm³/mol. The van der Waals surface area contributed by atoms with Gasteiger partial charge in [-0.1, -0.05) is 60.7 Å². The Morgan fingerprint density at radius 2 is 1.44 bits per heavy atom. The minimum absolute atomic E-state index is 0.413. The molecule has 0 fully saturated rings. The highest BCUT2D eigenvalue weighted by molar-refractivity contribution is 7.86. The molecule has 0 amide bonds. The summed E-state index contributed by atoms with van der Waals surface area (Å²) in [5, 5.41) is 0. The molecule has 2 N–H and O–H groups in total. The van der Waals surface area contributed by atoms with Gasteiger partial charge in [0.25, 0.3) is 0 Å². The second-order valence-electron chi connectivity index (χ2n) is 5.42. The zero-order valence-electron chi connectivity index (χ0n) is 14.1. The van der Waals surface area contributed by atoms with Gasteiger partial charge in [0.05, 0.1) is 6.10 Å². The summed E-state index contributed by atoms with van der Waals surface area (Å²) in [4.78, 5) is 9.46. The summed E-state index contributed by atoms with van der Waals surface area (Å²) in [6.07, 6.45) is 0.160. The Bertz CT molecular complexity index is 851. The molecule has 0 saturated heterocycles. The van der Waals surface area contributed by atoms with Gasteiger partial charge in [-0.05, 0) is 11.1 Å². The summed E-state index contributed by atoms with van der Waals surface area (Å²) < 4.78 is 74.4. The largest absolute Gasteiger partial charge is 0.522 e. The van der Waals surface area contributed by atoms with E-state index in [-0.39, 0.29) is 0 Å². The van der Waals surface area contributed by atoms with Crippen LogP contribution in [0.5, 0.6) is 0 Å². The van der Waals surface area contributed by atoms with E-state index in [9.17, 15) is 22.6 Å². The average Bonchev–Trinajstić information content (AvgIpc) is 2.53. The highest BCUT2D eigenvalue weighted by atomic mass is 32.2. The topological polar surface area (TPSA) is 101 Å². The van der Waals surface area contributed by atoms with Crippen molar-refractivity contribution in [3.05, 3.63) is 71.8 Å². The van der Waals surface area contributed by atoms with Crippen molar-refractivity contribution in [1.82, 2.24) is 0 Å². The molecule has 0 heterocycles. The van der Waals surface area contributed by atoms with E-state index < -0.39 is 29.3 Å². The molecule has 0 spiro atoms. The van der Waals surface area contributed by atoms with Crippen molar-refractivity contribution in [3.63, 3.8) is 0 Å². The first kappa shape index (κ1) is 23.3. The second kappa shape index (κ2) is 9.48. The van der Waals surface area contributed by atoms with Gasteiger partial charge in [-0.3, -0.25) is 9.12 Å². The molecule has 27 heavy (non-hydrogen) atoms. The molecular formula is C16H18F3O6PS. The summed E-state index contributed by atoms with van der Waals surface area (Å²) >= 11 is 0. The van der Waals surface area contributed by atoms with Gasteiger partial charge in [0.1, 0.15) is 0 Å². The number of hydrogen-bond donors (Lipinski definition) is 2. The fourth-order valence-corrected chi connectivity index (χ4v) is 2.62. The number of benzene rings is 2.